The molecule has 0 aliphatic carbocycles. The minimum Gasteiger partial charge on any atom is -0.378 e. The van der Waals surface area contributed by atoms with Crippen LogP contribution in [0.1, 0.15) is 21.6 Å². The summed E-state index contributed by atoms with van der Waals surface area (Å²) in [5.74, 6) is -0.100. The van der Waals surface area contributed by atoms with Gasteiger partial charge < -0.3 is 10.2 Å². The summed E-state index contributed by atoms with van der Waals surface area (Å²) < 4.78 is 2.00. The van der Waals surface area contributed by atoms with Crippen LogP contribution in [-0.4, -0.2) is 29.8 Å². The standard InChI is InChI=1S/C24H24N4O/c1-27(2)20-14-12-19(13-15-20)24(29)25-16-22-21-10-6-7-11-23(21)28(26-22)17-18-8-4-3-5-9-18/h3-15H,16-17H2,1-2H3,(H,25,29). The largest absolute Gasteiger partial charge is 0.378 e. The minimum atomic E-state index is -0.100. The van der Waals surface area contributed by atoms with Gasteiger partial charge in [0.2, 0.25) is 0 Å². The fraction of sp³-hybridized carbons (Fsp3) is 0.167. The van der Waals surface area contributed by atoms with Crippen LogP contribution in [0, 0.1) is 0 Å². The normalized spacial score (nSPS) is 10.8. The van der Waals surface area contributed by atoms with Crippen LogP contribution in [0.2, 0.25) is 0 Å². The summed E-state index contributed by atoms with van der Waals surface area (Å²) in [6.45, 7) is 1.08. The SMILES string of the molecule is CN(C)c1ccc(C(=O)NCc2nn(Cc3ccccc3)c3ccccc23)cc1. The molecule has 0 saturated carbocycles. The van der Waals surface area contributed by atoms with Crippen molar-refractivity contribution in [2.75, 3.05) is 19.0 Å². The fourth-order valence-electron chi connectivity index (χ4n) is 3.38. The molecular formula is C24H24N4O. The van der Waals surface area contributed by atoms with Gasteiger partial charge in [0, 0.05) is 30.7 Å². The lowest BCUT2D eigenvalue weighted by atomic mass is 10.1. The Hall–Kier alpha value is -3.60. The Kier molecular flexibility index (Phi) is 5.29. The van der Waals surface area contributed by atoms with Gasteiger partial charge >= 0.3 is 0 Å². The third-order valence-electron chi connectivity index (χ3n) is 4.97. The highest BCUT2D eigenvalue weighted by molar-refractivity contribution is 5.94. The van der Waals surface area contributed by atoms with E-state index in [1.54, 1.807) is 0 Å². The molecule has 1 heterocycles. The molecule has 5 nitrogen and oxygen atoms in total. The molecule has 4 aromatic rings. The Morgan fingerprint density at radius 3 is 2.34 bits per heavy atom. The van der Waals surface area contributed by atoms with Crippen molar-refractivity contribution < 1.29 is 4.79 Å². The highest BCUT2D eigenvalue weighted by Crippen LogP contribution is 2.20. The molecule has 0 fully saturated rings. The third-order valence-corrected chi connectivity index (χ3v) is 4.97. The van der Waals surface area contributed by atoms with Gasteiger partial charge in [0.25, 0.3) is 5.91 Å². The number of anilines is 1. The number of carbonyl (C=O) groups is 1. The van der Waals surface area contributed by atoms with E-state index in [1.165, 1.54) is 5.56 Å². The molecule has 0 radical (unpaired) electrons. The van der Waals surface area contributed by atoms with Crippen LogP contribution < -0.4 is 10.2 Å². The van der Waals surface area contributed by atoms with E-state index >= 15 is 0 Å². The highest BCUT2D eigenvalue weighted by atomic mass is 16.1. The van der Waals surface area contributed by atoms with Gasteiger partial charge in [-0.2, -0.15) is 5.10 Å². The first-order chi connectivity index (χ1) is 14.1. The van der Waals surface area contributed by atoms with Crippen molar-refractivity contribution >= 4 is 22.5 Å². The predicted octanol–water partition coefficient (Wildman–Crippen LogP) is 4.08. The molecule has 3 aromatic carbocycles. The maximum absolute atomic E-state index is 12.6. The van der Waals surface area contributed by atoms with Crippen molar-refractivity contribution in [2.45, 2.75) is 13.1 Å². The first-order valence-corrected chi connectivity index (χ1v) is 9.66. The van der Waals surface area contributed by atoms with Crippen LogP contribution >= 0.6 is 0 Å². The summed E-state index contributed by atoms with van der Waals surface area (Å²) >= 11 is 0. The Labute approximate surface area is 170 Å². The highest BCUT2D eigenvalue weighted by Gasteiger charge is 2.12. The summed E-state index contributed by atoms with van der Waals surface area (Å²) in [5.41, 5.74) is 4.83. The number of hydrogen-bond donors (Lipinski definition) is 1. The lowest BCUT2D eigenvalue weighted by molar-refractivity contribution is 0.0950. The number of amides is 1. The average molecular weight is 384 g/mol. The molecule has 4 rings (SSSR count). The lowest BCUT2D eigenvalue weighted by Crippen LogP contribution is -2.23. The average Bonchev–Trinajstić information content (AvgIpc) is 3.10. The van der Waals surface area contributed by atoms with E-state index in [0.717, 1.165) is 22.3 Å². The smallest absolute Gasteiger partial charge is 0.251 e. The number of benzene rings is 3. The number of fused-ring (bicyclic) bond motifs is 1. The Bertz CT molecular complexity index is 1110. The van der Waals surface area contributed by atoms with Gasteiger partial charge in [0.15, 0.2) is 0 Å². The molecule has 0 aliphatic heterocycles. The molecule has 146 valence electrons. The number of hydrogen-bond acceptors (Lipinski definition) is 3. The first-order valence-electron chi connectivity index (χ1n) is 9.66. The summed E-state index contributed by atoms with van der Waals surface area (Å²) in [7, 11) is 3.96. The van der Waals surface area contributed by atoms with Crippen LogP contribution in [0.4, 0.5) is 5.69 Å². The molecular weight excluding hydrogens is 360 g/mol. The monoisotopic (exact) mass is 384 g/mol. The van der Waals surface area contributed by atoms with E-state index in [2.05, 4.69) is 29.6 Å². The zero-order valence-electron chi connectivity index (χ0n) is 16.7. The molecule has 0 bridgehead atoms. The molecule has 5 heteroatoms. The third kappa shape index (κ3) is 4.14. The molecule has 0 saturated heterocycles. The second kappa shape index (κ2) is 8.19. The van der Waals surface area contributed by atoms with E-state index in [4.69, 9.17) is 5.10 Å². The molecule has 1 aromatic heterocycles. The number of aromatic nitrogens is 2. The van der Waals surface area contributed by atoms with Crippen molar-refractivity contribution in [3.05, 3.63) is 95.7 Å². The van der Waals surface area contributed by atoms with E-state index in [-0.39, 0.29) is 5.91 Å². The van der Waals surface area contributed by atoms with Gasteiger partial charge in [0.05, 0.1) is 24.3 Å². The number of rotatable bonds is 6. The molecule has 0 unspecified atom stereocenters. The zero-order valence-corrected chi connectivity index (χ0v) is 16.7. The zero-order chi connectivity index (χ0) is 20.2. The van der Waals surface area contributed by atoms with Gasteiger partial charge in [-0.3, -0.25) is 9.48 Å². The molecule has 0 spiro atoms. The minimum absolute atomic E-state index is 0.100. The van der Waals surface area contributed by atoms with E-state index in [1.807, 2.05) is 78.3 Å². The van der Waals surface area contributed by atoms with Crippen LogP contribution in [-0.2, 0) is 13.1 Å². The van der Waals surface area contributed by atoms with E-state index < -0.39 is 0 Å². The molecule has 1 N–H and O–H groups in total. The van der Waals surface area contributed by atoms with Crippen molar-refractivity contribution in [3.63, 3.8) is 0 Å². The number of para-hydroxylation sites is 1. The second-order valence-electron chi connectivity index (χ2n) is 7.23. The number of nitrogens with zero attached hydrogens (tertiary/aromatic N) is 3. The quantitative estimate of drug-likeness (QED) is 0.545. The van der Waals surface area contributed by atoms with Crippen molar-refractivity contribution in [1.29, 1.82) is 0 Å². The van der Waals surface area contributed by atoms with Gasteiger partial charge in [-0.05, 0) is 35.9 Å². The number of nitrogens with one attached hydrogen (secondary N) is 1. The van der Waals surface area contributed by atoms with Gasteiger partial charge in [0.1, 0.15) is 0 Å². The molecule has 0 atom stereocenters. The summed E-state index contributed by atoms with van der Waals surface area (Å²) in [4.78, 5) is 14.6. The summed E-state index contributed by atoms with van der Waals surface area (Å²) in [5, 5.41) is 8.85. The molecule has 0 aliphatic rings. The van der Waals surface area contributed by atoms with Crippen LogP contribution in [0.25, 0.3) is 10.9 Å². The van der Waals surface area contributed by atoms with Crippen molar-refractivity contribution in [2.24, 2.45) is 0 Å². The van der Waals surface area contributed by atoms with E-state index in [0.29, 0.717) is 18.7 Å². The fourth-order valence-corrected chi connectivity index (χ4v) is 3.38. The summed E-state index contributed by atoms with van der Waals surface area (Å²) in [6, 6.07) is 26.0. The predicted molar refractivity (Wildman–Crippen MR) is 117 cm³/mol. The van der Waals surface area contributed by atoms with Crippen LogP contribution in [0.3, 0.4) is 0 Å². The molecule has 29 heavy (non-hydrogen) atoms. The lowest BCUT2D eigenvalue weighted by Gasteiger charge is -2.12. The Morgan fingerprint density at radius 1 is 0.931 bits per heavy atom. The number of carbonyl (C=O) groups excluding carboxylic acids is 1. The van der Waals surface area contributed by atoms with E-state index in [9.17, 15) is 4.79 Å². The van der Waals surface area contributed by atoms with Gasteiger partial charge in [-0.1, -0.05) is 48.5 Å². The van der Waals surface area contributed by atoms with Gasteiger partial charge in [-0.15, -0.1) is 0 Å². The van der Waals surface area contributed by atoms with Crippen molar-refractivity contribution in [3.8, 4) is 0 Å². The summed E-state index contributed by atoms with van der Waals surface area (Å²) in [6.07, 6.45) is 0. The molecule has 1 amide bonds. The topological polar surface area (TPSA) is 50.2 Å². The van der Waals surface area contributed by atoms with Crippen LogP contribution in [0.15, 0.2) is 78.9 Å². The Balaban J connectivity index is 1.52. The second-order valence-corrected chi connectivity index (χ2v) is 7.23. The maximum atomic E-state index is 12.6. The first kappa shape index (κ1) is 18.7. The van der Waals surface area contributed by atoms with Crippen LogP contribution in [0.5, 0.6) is 0 Å². The maximum Gasteiger partial charge on any atom is 0.251 e. The Morgan fingerprint density at radius 2 is 1.62 bits per heavy atom. The van der Waals surface area contributed by atoms with Crippen molar-refractivity contribution in [1.82, 2.24) is 15.1 Å². The van der Waals surface area contributed by atoms with Gasteiger partial charge in [-0.25, -0.2) is 0 Å².